The summed E-state index contributed by atoms with van der Waals surface area (Å²) in [5.74, 6) is -12.4. The third-order valence-corrected chi connectivity index (χ3v) is 11.7. The molecule has 3 aromatic rings. The summed E-state index contributed by atoms with van der Waals surface area (Å²) in [5, 5.41) is 13.4. The van der Waals surface area contributed by atoms with Crippen molar-refractivity contribution in [2.24, 2.45) is 5.92 Å². The third-order valence-electron chi connectivity index (χ3n) is 9.39. The number of likely N-dealkylation sites (tertiary alicyclic amines) is 1. The van der Waals surface area contributed by atoms with E-state index in [1.54, 1.807) is 0 Å². The molecule has 0 unspecified atom stereocenters. The molecule has 0 spiro atoms. The topological polar surface area (TPSA) is 188 Å². The van der Waals surface area contributed by atoms with E-state index in [2.05, 4.69) is 5.32 Å². The highest BCUT2D eigenvalue weighted by atomic mass is 35.5. The zero-order valence-electron chi connectivity index (χ0n) is 31.2. The van der Waals surface area contributed by atoms with Crippen LogP contribution in [0.15, 0.2) is 72.8 Å². The number of nitrogens with zero attached hydrogens (tertiary/aromatic N) is 1. The maximum Gasteiger partial charge on any atom is 0.452 e. The number of carbonyl (C=O) groups excluding carboxylic acids is 4. The number of hydrogen-bond donors (Lipinski definition) is 4. The quantitative estimate of drug-likeness (QED) is 0.147. The first-order valence-corrected chi connectivity index (χ1v) is 19.7. The van der Waals surface area contributed by atoms with Gasteiger partial charge in [0.2, 0.25) is 11.8 Å². The molecule has 314 valence electrons. The van der Waals surface area contributed by atoms with E-state index in [1.165, 1.54) is 75.6 Å². The highest BCUT2D eigenvalue weighted by Gasteiger charge is 2.50. The maximum atomic E-state index is 15.6. The Labute approximate surface area is 335 Å². The number of rotatable bonds is 16. The fraction of sp³-hybridized carbons (Fsp3) is 0.395. The van der Waals surface area contributed by atoms with Crippen molar-refractivity contribution in [1.82, 2.24) is 20.9 Å². The van der Waals surface area contributed by atoms with Gasteiger partial charge in [-0.3, -0.25) is 19.2 Å². The Hall–Kier alpha value is -5.30. The van der Waals surface area contributed by atoms with Crippen molar-refractivity contribution in [3.8, 4) is 5.75 Å². The highest BCUT2D eigenvalue weighted by Crippen LogP contribution is 2.32. The Balaban J connectivity index is 1.74. The van der Waals surface area contributed by atoms with Crippen LogP contribution < -0.4 is 20.7 Å². The zero-order valence-corrected chi connectivity index (χ0v) is 32.8. The van der Waals surface area contributed by atoms with Crippen molar-refractivity contribution < 1.29 is 64.2 Å². The van der Waals surface area contributed by atoms with E-state index in [9.17, 15) is 45.6 Å². The number of ketones is 1. The van der Waals surface area contributed by atoms with Crippen LogP contribution in [0, 0.1) is 5.92 Å². The summed E-state index contributed by atoms with van der Waals surface area (Å²) >= 11 is 5.88. The van der Waals surface area contributed by atoms with Gasteiger partial charge in [-0.05, 0) is 53.3 Å². The minimum Gasteiger partial charge on any atom is -0.497 e. The Morgan fingerprint density at radius 3 is 2.07 bits per heavy atom. The molecule has 4 amide bonds. The van der Waals surface area contributed by atoms with Gasteiger partial charge in [0.1, 0.15) is 17.8 Å². The van der Waals surface area contributed by atoms with Crippen LogP contribution in [0.1, 0.15) is 42.5 Å². The van der Waals surface area contributed by atoms with Crippen LogP contribution in [0.25, 0.3) is 0 Å². The van der Waals surface area contributed by atoms with Crippen molar-refractivity contribution >= 4 is 51.0 Å². The predicted octanol–water partition coefficient (Wildman–Crippen LogP) is 4.79. The minimum absolute atomic E-state index is 0.119. The van der Waals surface area contributed by atoms with E-state index in [0.29, 0.717) is 16.2 Å². The SMILES string of the molecule is COc1ccc(CS(=O)(=O)[C@@H]2C[C@@H](C(=O)N[C@H](C(=O)C(F)(F)F)C(C)C)N(C(=O)[C@H](Cc3ccc(CNC(=O)O)cc3)NC(=O)C(F)(F)c3cccc(Cl)c3)C2)cc1. The number of hydrogen-bond acceptors (Lipinski definition) is 8. The minimum atomic E-state index is -5.37. The van der Waals surface area contributed by atoms with Crippen LogP contribution in [-0.4, -0.2) is 91.2 Å². The predicted molar refractivity (Wildman–Crippen MR) is 200 cm³/mol. The molecule has 13 nitrogen and oxygen atoms in total. The fourth-order valence-corrected chi connectivity index (χ4v) is 8.20. The van der Waals surface area contributed by atoms with Gasteiger partial charge >= 0.3 is 18.2 Å². The van der Waals surface area contributed by atoms with Gasteiger partial charge < -0.3 is 30.7 Å². The Bertz CT molecular complexity index is 2100. The molecule has 1 saturated heterocycles. The lowest BCUT2D eigenvalue weighted by atomic mass is 9.98. The number of methoxy groups -OCH3 is 1. The molecule has 20 heteroatoms. The van der Waals surface area contributed by atoms with Crippen LogP contribution in [0.5, 0.6) is 5.75 Å². The average Bonchev–Trinajstić information content (AvgIpc) is 3.62. The molecule has 4 atom stereocenters. The van der Waals surface area contributed by atoms with Crippen molar-refractivity contribution in [2.45, 2.75) is 74.5 Å². The molecule has 1 aliphatic rings. The van der Waals surface area contributed by atoms with E-state index >= 15 is 8.78 Å². The van der Waals surface area contributed by atoms with Crippen molar-refractivity contribution in [1.29, 1.82) is 0 Å². The zero-order chi connectivity index (χ0) is 43.2. The summed E-state index contributed by atoms with van der Waals surface area (Å²) < 4.78 is 105. The van der Waals surface area contributed by atoms with Gasteiger partial charge in [-0.2, -0.15) is 22.0 Å². The number of ether oxygens (including phenoxy) is 1. The van der Waals surface area contributed by atoms with E-state index in [4.69, 9.17) is 21.4 Å². The number of benzene rings is 3. The van der Waals surface area contributed by atoms with Crippen LogP contribution in [-0.2, 0) is 53.7 Å². The number of carbonyl (C=O) groups is 5. The first kappa shape index (κ1) is 45.4. The molecule has 4 N–H and O–H groups in total. The summed E-state index contributed by atoms with van der Waals surface area (Å²) in [6.07, 6.45) is -7.88. The average molecular weight is 859 g/mol. The van der Waals surface area contributed by atoms with Crippen molar-refractivity contribution in [3.63, 3.8) is 0 Å². The Kier molecular flexibility index (Phi) is 14.5. The van der Waals surface area contributed by atoms with Crippen molar-refractivity contribution in [2.75, 3.05) is 13.7 Å². The molecule has 0 radical (unpaired) electrons. The molecule has 3 aromatic carbocycles. The van der Waals surface area contributed by atoms with Gasteiger partial charge in [0.25, 0.3) is 11.7 Å². The fourth-order valence-electron chi connectivity index (χ4n) is 6.25. The van der Waals surface area contributed by atoms with Crippen LogP contribution in [0.3, 0.4) is 0 Å². The lowest BCUT2D eigenvalue weighted by molar-refractivity contribution is -0.175. The number of sulfone groups is 1. The lowest BCUT2D eigenvalue weighted by Crippen LogP contribution is -2.58. The number of alkyl halides is 5. The molecule has 0 bridgehead atoms. The van der Waals surface area contributed by atoms with Gasteiger partial charge in [-0.25, -0.2) is 13.2 Å². The van der Waals surface area contributed by atoms with Gasteiger partial charge in [0.05, 0.1) is 24.2 Å². The van der Waals surface area contributed by atoms with E-state index < -0.39 is 112 Å². The van der Waals surface area contributed by atoms with E-state index in [-0.39, 0.29) is 22.7 Å². The first-order chi connectivity index (χ1) is 27.0. The third kappa shape index (κ3) is 11.4. The highest BCUT2D eigenvalue weighted by molar-refractivity contribution is 7.91. The molecule has 1 fully saturated rings. The molecule has 58 heavy (non-hydrogen) atoms. The smallest absolute Gasteiger partial charge is 0.452 e. The van der Waals surface area contributed by atoms with Gasteiger partial charge in [0, 0.05) is 30.1 Å². The van der Waals surface area contributed by atoms with Gasteiger partial charge in [0.15, 0.2) is 9.84 Å². The number of halogens is 6. The van der Waals surface area contributed by atoms with Gasteiger partial charge in [-0.15, -0.1) is 0 Å². The first-order valence-electron chi connectivity index (χ1n) is 17.6. The normalized spacial score (nSPS) is 17.0. The molecule has 1 heterocycles. The van der Waals surface area contributed by atoms with E-state index in [0.717, 1.165) is 18.2 Å². The molecule has 4 rings (SSSR count). The van der Waals surface area contributed by atoms with Crippen LogP contribution >= 0.6 is 11.6 Å². The standard InChI is InChI=1S/C38H40ClF5N4O9S/c1-21(2)31(32(49)38(42,43)44)47-33(50)30-17-28(58(55,56)20-24-11-13-27(57-3)14-12-24)19-48(30)34(51)29(15-22-7-9-23(10-8-22)18-45-36(53)54)46-35(52)37(40,41)25-5-4-6-26(39)16-25/h4-14,16,21,28-31,45H,15,17-20H2,1-3H3,(H,46,52)(H,47,50)(H,53,54)/t28-,29+,30+,31+/m1/s1. The summed E-state index contributed by atoms with van der Waals surface area (Å²) in [4.78, 5) is 65.6. The molecular weight excluding hydrogens is 819 g/mol. The maximum absolute atomic E-state index is 15.6. The molecule has 1 aliphatic heterocycles. The largest absolute Gasteiger partial charge is 0.497 e. The number of carboxylic acid groups (broad SMARTS) is 1. The monoisotopic (exact) mass is 858 g/mol. The lowest BCUT2D eigenvalue weighted by Gasteiger charge is -2.31. The van der Waals surface area contributed by atoms with Gasteiger partial charge in [-0.1, -0.05) is 74.0 Å². The summed E-state index contributed by atoms with van der Waals surface area (Å²) in [5.41, 5.74) is 0.150. The summed E-state index contributed by atoms with van der Waals surface area (Å²) in [7, 11) is -2.87. The number of Topliss-reactive ketones (excluding diaryl/α,β-unsaturated/α-hetero) is 1. The number of amides is 4. The molecular formula is C38H40ClF5N4O9S. The molecule has 0 saturated carbocycles. The second kappa shape index (κ2) is 18.5. The van der Waals surface area contributed by atoms with Crippen LogP contribution in [0.2, 0.25) is 5.02 Å². The van der Waals surface area contributed by atoms with Crippen molar-refractivity contribution in [3.05, 3.63) is 100 Å². The Morgan fingerprint density at radius 2 is 1.52 bits per heavy atom. The van der Waals surface area contributed by atoms with E-state index in [1.807, 2.05) is 10.6 Å². The second-order valence-electron chi connectivity index (χ2n) is 13.9. The molecule has 0 aromatic heterocycles. The summed E-state index contributed by atoms with van der Waals surface area (Å²) in [6, 6.07) is 9.91. The van der Waals surface area contributed by atoms with Crippen LogP contribution in [0.4, 0.5) is 26.7 Å². The second-order valence-corrected chi connectivity index (χ2v) is 16.6. The Morgan fingerprint density at radius 1 is 0.914 bits per heavy atom. The summed E-state index contributed by atoms with van der Waals surface area (Å²) in [6.45, 7) is 1.59. The molecule has 0 aliphatic carbocycles. The number of nitrogens with one attached hydrogen (secondary N) is 3.